The molecular formula is C70H43NO. The van der Waals surface area contributed by atoms with Crippen LogP contribution in [-0.2, 0) is 10.8 Å². The van der Waals surface area contributed by atoms with Gasteiger partial charge >= 0.3 is 0 Å². The molecule has 0 N–H and O–H groups in total. The first kappa shape index (κ1) is 39.6. The lowest BCUT2D eigenvalue weighted by Gasteiger charge is -2.40. The molecule has 4 aliphatic rings. The van der Waals surface area contributed by atoms with E-state index in [1.165, 1.54) is 77.9 Å². The number of anilines is 3. The first-order valence-corrected chi connectivity index (χ1v) is 25.1. The number of para-hydroxylation sites is 2. The summed E-state index contributed by atoms with van der Waals surface area (Å²) in [6, 6.07) is 97.0. The molecule has 0 unspecified atom stereocenters. The third-order valence-electron chi connectivity index (χ3n) is 16.5. The lowest BCUT2D eigenvalue weighted by Crippen LogP contribution is -2.32. The van der Waals surface area contributed by atoms with Crippen molar-refractivity contribution in [3.8, 4) is 56.0 Å². The molecule has 0 aromatic heterocycles. The van der Waals surface area contributed by atoms with Crippen LogP contribution in [0.1, 0.15) is 44.5 Å². The Morgan fingerprint density at radius 2 is 0.667 bits per heavy atom. The van der Waals surface area contributed by atoms with Crippen molar-refractivity contribution in [1.82, 2.24) is 0 Å². The van der Waals surface area contributed by atoms with Gasteiger partial charge in [-0.05, 0) is 119 Å². The number of hydrogen-bond acceptors (Lipinski definition) is 2. The van der Waals surface area contributed by atoms with Crippen molar-refractivity contribution in [2.45, 2.75) is 10.8 Å². The molecule has 0 bridgehead atoms. The van der Waals surface area contributed by atoms with Crippen LogP contribution in [0.15, 0.2) is 261 Å². The Morgan fingerprint density at radius 1 is 0.264 bits per heavy atom. The summed E-state index contributed by atoms with van der Waals surface area (Å²) in [7, 11) is 0. The van der Waals surface area contributed by atoms with E-state index in [9.17, 15) is 0 Å². The van der Waals surface area contributed by atoms with Gasteiger partial charge in [-0.1, -0.05) is 224 Å². The van der Waals surface area contributed by atoms with Crippen molar-refractivity contribution < 1.29 is 4.74 Å². The summed E-state index contributed by atoms with van der Waals surface area (Å²) >= 11 is 0. The summed E-state index contributed by atoms with van der Waals surface area (Å²) < 4.78 is 7.24. The van der Waals surface area contributed by atoms with Crippen LogP contribution in [-0.4, -0.2) is 0 Å². The summed E-state index contributed by atoms with van der Waals surface area (Å²) in [6.45, 7) is 0. The maximum Gasteiger partial charge on any atom is 0.140 e. The average molecular weight is 914 g/mol. The average Bonchev–Trinajstić information content (AvgIpc) is 4.04. The Morgan fingerprint density at radius 3 is 1.24 bits per heavy atom. The second kappa shape index (κ2) is 14.6. The maximum absolute atomic E-state index is 7.24. The molecule has 16 rings (SSSR count). The molecule has 0 amide bonds. The highest BCUT2D eigenvalue weighted by Gasteiger charge is 2.53. The fourth-order valence-corrected chi connectivity index (χ4v) is 13.7. The van der Waals surface area contributed by atoms with Gasteiger partial charge in [-0.3, -0.25) is 0 Å². The molecule has 0 saturated carbocycles. The molecule has 0 radical (unpaired) electrons. The van der Waals surface area contributed by atoms with Gasteiger partial charge in [-0.2, -0.15) is 0 Å². The zero-order valence-electron chi connectivity index (χ0n) is 39.2. The van der Waals surface area contributed by atoms with Gasteiger partial charge in [0.25, 0.3) is 0 Å². The SMILES string of the molecule is c1ccc(N(c2ccc3c(c2)-c2ccccc2C32c3ccccc3-c3ccccc32)c2ccccc2-c2ccc3c(c2)-c2ccccc2C32c3ccc4ccccc4c3Oc3c2ccc2ccccc32)cc1. The Bertz CT molecular complexity index is 4150. The van der Waals surface area contributed by atoms with Crippen LogP contribution >= 0.6 is 0 Å². The van der Waals surface area contributed by atoms with E-state index in [0.717, 1.165) is 61.2 Å². The zero-order chi connectivity index (χ0) is 47.1. The summed E-state index contributed by atoms with van der Waals surface area (Å²) in [5.74, 6) is 1.86. The van der Waals surface area contributed by atoms with Gasteiger partial charge in [-0.15, -0.1) is 0 Å². The van der Waals surface area contributed by atoms with Crippen LogP contribution in [0.3, 0.4) is 0 Å². The number of rotatable bonds is 4. The van der Waals surface area contributed by atoms with Crippen molar-refractivity contribution in [1.29, 1.82) is 0 Å². The predicted molar refractivity (Wildman–Crippen MR) is 295 cm³/mol. The fraction of sp³-hybridized carbons (Fsp3) is 0.0286. The summed E-state index contributed by atoms with van der Waals surface area (Å²) in [6.07, 6.45) is 0. The van der Waals surface area contributed by atoms with Gasteiger partial charge in [0.1, 0.15) is 11.5 Å². The van der Waals surface area contributed by atoms with Crippen LogP contribution in [0.5, 0.6) is 11.5 Å². The number of nitrogens with zero attached hydrogens (tertiary/aromatic N) is 1. The zero-order valence-corrected chi connectivity index (χ0v) is 39.2. The standard InChI is InChI=1S/C70H43NO/c1-2-20-47(21-3-1)71(48-37-41-63-57(43-48)55-28-11-15-31-60(55)69(63)58-29-13-8-25-52(58)53-26-9-14-30-59(53)69)66-33-17-12-22-49(66)46-36-38-62-56(42-46)54-27-10-16-32-61(54)70(62)64-39-34-44-18-4-6-23-50(44)67(64)72-68-51-24-7-5-19-45(51)35-40-65(68)70/h1-43H. The maximum atomic E-state index is 7.24. The molecule has 72 heavy (non-hydrogen) atoms. The molecule has 12 aromatic rings. The normalized spacial score (nSPS) is 14.2. The Labute approximate surface area is 418 Å². The summed E-state index contributed by atoms with van der Waals surface area (Å²) in [4.78, 5) is 2.46. The highest BCUT2D eigenvalue weighted by molar-refractivity contribution is 6.02. The first-order valence-electron chi connectivity index (χ1n) is 25.1. The molecule has 0 saturated heterocycles. The van der Waals surface area contributed by atoms with Gasteiger partial charge in [0.05, 0.1) is 16.5 Å². The van der Waals surface area contributed by atoms with Crippen LogP contribution in [0, 0.1) is 0 Å². The second-order valence-electron chi connectivity index (χ2n) is 19.8. The molecule has 3 aliphatic carbocycles. The lowest BCUT2D eigenvalue weighted by atomic mass is 9.65. The van der Waals surface area contributed by atoms with E-state index in [-0.39, 0.29) is 0 Å². The minimum Gasteiger partial charge on any atom is -0.455 e. The van der Waals surface area contributed by atoms with E-state index in [4.69, 9.17) is 4.74 Å². The van der Waals surface area contributed by atoms with E-state index < -0.39 is 10.8 Å². The van der Waals surface area contributed by atoms with Gasteiger partial charge in [0, 0.05) is 38.8 Å². The number of benzene rings is 12. The van der Waals surface area contributed by atoms with E-state index in [2.05, 4.69) is 266 Å². The van der Waals surface area contributed by atoms with E-state index in [1.807, 2.05) is 0 Å². The largest absolute Gasteiger partial charge is 0.455 e. The molecule has 2 spiro atoms. The van der Waals surface area contributed by atoms with Gasteiger partial charge in [-0.25, -0.2) is 0 Å². The van der Waals surface area contributed by atoms with Crippen LogP contribution in [0.4, 0.5) is 17.1 Å². The van der Waals surface area contributed by atoms with Gasteiger partial charge in [0.15, 0.2) is 0 Å². The molecule has 0 atom stereocenters. The predicted octanol–water partition coefficient (Wildman–Crippen LogP) is 17.9. The Balaban J connectivity index is 0.906. The topological polar surface area (TPSA) is 12.5 Å². The van der Waals surface area contributed by atoms with Crippen LogP contribution in [0.2, 0.25) is 0 Å². The van der Waals surface area contributed by atoms with Gasteiger partial charge < -0.3 is 9.64 Å². The van der Waals surface area contributed by atoms with Crippen molar-refractivity contribution in [2.75, 3.05) is 4.90 Å². The molecule has 334 valence electrons. The lowest BCUT2D eigenvalue weighted by molar-refractivity contribution is 0.447. The van der Waals surface area contributed by atoms with Crippen LogP contribution in [0.25, 0.3) is 66.1 Å². The highest BCUT2D eigenvalue weighted by atomic mass is 16.5. The highest BCUT2D eigenvalue weighted by Crippen LogP contribution is 2.66. The van der Waals surface area contributed by atoms with E-state index >= 15 is 0 Å². The molecule has 1 heterocycles. The van der Waals surface area contributed by atoms with E-state index in [0.29, 0.717) is 0 Å². The number of ether oxygens (including phenoxy) is 1. The minimum absolute atomic E-state index is 0.406. The van der Waals surface area contributed by atoms with Crippen molar-refractivity contribution in [3.63, 3.8) is 0 Å². The van der Waals surface area contributed by atoms with E-state index in [1.54, 1.807) is 0 Å². The first-order chi connectivity index (χ1) is 35.7. The monoisotopic (exact) mass is 913 g/mol. The molecule has 12 aromatic carbocycles. The van der Waals surface area contributed by atoms with Crippen molar-refractivity contribution in [3.05, 3.63) is 305 Å². The molecule has 0 fully saturated rings. The Kier molecular flexibility index (Phi) is 8.05. The smallest absolute Gasteiger partial charge is 0.140 e. The van der Waals surface area contributed by atoms with Gasteiger partial charge in [0.2, 0.25) is 0 Å². The Hall–Kier alpha value is -9.24. The second-order valence-corrected chi connectivity index (χ2v) is 19.8. The molecule has 2 nitrogen and oxygen atoms in total. The quantitative estimate of drug-likeness (QED) is 0.174. The number of fused-ring (bicyclic) bond motifs is 23. The van der Waals surface area contributed by atoms with Crippen LogP contribution < -0.4 is 9.64 Å². The minimum atomic E-state index is -0.616. The molecular weight excluding hydrogens is 871 g/mol. The number of hydrogen-bond donors (Lipinski definition) is 0. The third kappa shape index (κ3) is 5.03. The van der Waals surface area contributed by atoms with Crippen molar-refractivity contribution >= 4 is 38.6 Å². The fourth-order valence-electron chi connectivity index (χ4n) is 13.7. The van der Waals surface area contributed by atoms with Crippen molar-refractivity contribution in [2.24, 2.45) is 0 Å². The summed E-state index contributed by atoms with van der Waals surface area (Å²) in [5, 5.41) is 4.57. The summed E-state index contributed by atoms with van der Waals surface area (Å²) in [5.41, 5.74) is 22.5. The molecule has 2 heteroatoms. The molecule has 1 aliphatic heterocycles. The third-order valence-corrected chi connectivity index (χ3v) is 16.5.